The summed E-state index contributed by atoms with van der Waals surface area (Å²) in [5, 5.41) is 4.02. The van der Waals surface area contributed by atoms with Gasteiger partial charge in [-0.2, -0.15) is 0 Å². The van der Waals surface area contributed by atoms with Crippen molar-refractivity contribution in [2.75, 3.05) is 13.1 Å². The number of hydrogen-bond donors (Lipinski definition) is 1. The summed E-state index contributed by atoms with van der Waals surface area (Å²) in [6, 6.07) is 7.69. The van der Waals surface area contributed by atoms with Gasteiger partial charge in [0, 0.05) is 5.02 Å². The summed E-state index contributed by atoms with van der Waals surface area (Å²) in [5.74, 6) is 0.260. The zero-order valence-corrected chi connectivity index (χ0v) is 12.2. The Balaban J connectivity index is 0.000000771. The van der Waals surface area contributed by atoms with E-state index >= 15 is 0 Å². The van der Waals surface area contributed by atoms with Crippen molar-refractivity contribution in [2.24, 2.45) is 0 Å². The molecule has 1 aliphatic rings. The molecule has 2 rings (SSSR count). The minimum atomic E-state index is -0.296. The molecule has 1 fully saturated rings. The van der Waals surface area contributed by atoms with E-state index in [0.29, 0.717) is 0 Å². The highest BCUT2D eigenvalue weighted by molar-refractivity contribution is 6.30. The molecule has 1 aliphatic heterocycles. The molecule has 0 unspecified atom stereocenters. The first-order valence-corrected chi connectivity index (χ1v) is 7.01. The normalized spacial score (nSPS) is 17.6. The predicted octanol–water partition coefficient (Wildman–Crippen LogP) is 3.58. The first-order valence-electron chi connectivity index (χ1n) is 6.63. The van der Waals surface area contributed by atoms with E-state index in [1.807, 2.05) is 38.1 Å². The molecule has 2 nitrogen and oxygen atoms in total. The Morgan fingerprint density at radius 2 is 1.67 bits per heavy atom. The van der Waals surface area contributed by atoms with Gasteiger partial charge in [-0.25, -0.2) is 0 Å². The van der Waals surface area contributed by atoms with Crippen LogP contribution < -0.4 is 5.32 Å². The van der Waals surface area contributed by atoms with Gasteiger partial charge in [0.15, 0.2) is 0 Å². The van der Waals surface area contributed by atoms with Crippen molar-refractivity contribution >= 4 is 17.4 Å². The molecule has 1 heterocycles. The topological polar surface area (TPSA) is 29.1 Å². The molecule has 0 amide bonds. The van der Waals surface area contributed by atoms with E-state index < -0.39 is 0 Å². The molecule has 0 atom stereocenters. The molecule has 1 N–H and O–H groups in total. The Kier molecular flexibility index (Phi) is 5.83. The third-order valence-corrected chi connectivity index (χ3v) is 3.78. The van der Waals surface area contributed by atoms with E-state index in [9.17, 15) is 4.79 Å². The van der Waals surface area contributed by atoms with E-state index in [4.69, 9.17) is 11.6 Å². The summed E-state index contributed by atoms with van der Waals surface area (Å²) < 4.78 is 0. The van der Waals surface area contributed by atoms with Crippen LogP contribution in [0, 0.1) is 0 Å². The van der Waals surface area contributed by atoms with Crippen LogP contribution >= 0.6 is 11.6 Å². The Morgan fingerprint density at radius 1 is 1.17 bits per heavy atom. The highest BCUT2D eigenvalue weighted by Crippen LogP contribution is 2.34. The van der Waals surface area contributed by atoms with Crippen molar-refractivity contribution in [2.45, 2.75) is 39.0 Å². The van der Waals surface area contributed by atoms with Crippen LogP contribution in [0.15, 0.2) is 24.3 Å². The zero-order valence-electron chi connectivity index (χ0n) is 11.4. The molecule has 100 valence electrons. The van der Waals surface area contributed by atoms with Gasteiger partial charge in [0.05, 0.1) is 5.41 Å². The van der Waals surface area contributed by atoms with Crippen LogP contribution in [0.4, 0.5) is 0 Å². The number of nitrogens with one attached hydrogen (secondary N) is 1. The summed E-state index contributed by atoms with van der Waals surface area (Å²) in [5.41, 5.74) is 0.807. The Bertz CT molecular complexity index is 380. The first kappa shape index (κ1) is 15.2. The van der Waals surface area contributed by atoms with E-state index in [0.717, 1.165) is 36.5 Å². The fourth-order valence-corrected chi connectivity index (χ4v) is 2.59. The second-order valence-electron chi connectivity index (χ2n) is 4.40. The van der Waals surface area contributed by atoms with E-state index in [1.165, 1.54) is 0 Å². The molecule has 0 aromatic heterocycles. The Hall–Kier alpha value is -0.860. The third kappa shape index (κ3) is 3.12. The van der Waals surface area contributed by atoms with Crippen molar-refractivity contribution in [3.8, 4) is 0 Å². The number of carbonyl (C=O) groups excluding carboxylic acids is 1. The standard InChI is InChI=1S/C13H16ClNO.C2H6/c1-10(16)13(6-8-15-9-7-13)11-2-4-12(14)5-3-11;1-2/h2-5,15H,6-9H2,1H3;1-2H3. The Labute approximate surface area is 115 Å². The van der Waals surface area contributed by atoms with E-state index in [-0.39, 0.29) is 11.2 Å². The number of piperidine rings is 1. The van der Waals surface area contributed by atoms with Gasteiger partial charge in [-0.3, -0.25) is 4.79 Å². The van der Waals surface area contributed by atoms with Crippen LogP contribution in [0.3, 0.4) is 0 Å². The molecular formula is C15H22ClNO. The second kappa shape index (κ2) is 6.91. The van der Waals surface area contributed by atoms with Crippen molar-refractivity contribution in [1.82, 2.24) is 5.32 Å². The van der Waals surface area contributed by atoms with E-state index in [1.54, 1.807) is 6.92 Å². The summed E-state index contributed by atoms with van der Waals surface area (Å²) in [7, 11) is 0. The van der Waals surface area contributed by atoms with Crippen LogP contribution in [0.1, 0.15) is 39.2 Å². The number of halogens is 1. The van der Waals surface area contributed by atoms with Crippen molar-refractivity contribution in [3.63, 3.8) is 0 Å². The SMILES string of the molecule is CC.CC(=O)C1(c2ccc(Cl)cc2)CCNCC1. The maximum absolute atomic E-state index is 11.9. The number of ketones is 1. The lowest BCUT2D eigenvalue weighted by atomic mass is 9.70. The number of rotatable bonds is 2. The minimum Gasteiger partial charge on any atom is -0.317 e. The molecule has 3 heteroatoms. The predicted molar refractivity (Wildman–Crippen MR) is 77.3 cm³/mol. The summed E-state index contributed by atoms with van der Waals surface area (Å²) in [4.78, 5) is 11.9. The number of hydrogen-bond acceptors (Lipinski definition) is 2. The van der Waals surface area contributed by atoms with Gasteiger partial charge in [0.25, 0.3) is 0 Å². The van der Waals surface area contributed by atoms with E-state index in [2.05, 4.69) is 5.32 Å². The maximum Gasteiger partial charge on any atom is 0.140 e. The average Bonchev–Trinajstić information content (AvgIpc) is 2.42. The highest BCUT2D eigenvalue weighted by Gasteiger charge is 2.38. The monoisotopic (exact) mass is 267 g/mol. The van der Waals surface area contributed by atoms with Gasteiger partial charge < -0.3 is 5.32 Å². The smallest absolute Gasteiger partial charge is 0.140 e. The summed E-state index contributed by atoms with van der Waals surface area (Å²) >= 11 is 5.88. The largest absolute Gasteiger partial charge is 0.317 e. The molecular weight excluding hydrogens is 246 g/mol. The van der Waals surface area contributed by atoms with Gasteiger partial charge in [0.1, 0.15) is 5.78 Å². The zero-order chi connectivity index (χ0) is 13.6. The Morgan fingerprint density at radius 3 is 2.11 bits per heavy atom. The van der Waals surface area contributed by atoms with Gasteiger partial charge in [-0.15, -0.1) is 0 Å². The van der Waals surface area contributed by atoms with Crippen LogP contribution in [0.25, 0.3) is 0 Å². The maximum atomic E-state index is 11.9. The fourth-order valence-electron chi connectivity index (χ4n) is 2.47. The van der Waals surface area contributed by atoms with Gasteiger partial charge in [-0.05, 0) is 50.6 Å². The molecule has 0 bridgehead atoms. The number of Topliss-reactive ketones (excluding diaryl/α,β-unsaturated/α-hetero) is 1. The summed E-state index contributed by atoms with van der Waals surface area (Å²) in [6.45, 7) is 7.50. The molecule has 0 spiro atoms. The minimum absolute atomic E-state index is 0.260. The number of benzene rings is 1. The second-order valence-corrected chi connectivity index (χ2v) is 4.83. The molecule has 1 aromatic carbocycles. The molecule has 0 aliphatic carbocycles. The first-order chi connectivity index (χ1) is 8.65. The van der Waals surface area contributed by atoms with Crippen LogP contribution in [-0.4, -0.2) is 18.9 Å². The molecule has 1 aromatic rings. The summed E-state index contributed by atoms with van der Waals surface area (Å²) in [6.07, 6.45) is 1.76. The quantitative estimate of drug-likeness (QED) is 0.887. The van der Waals surface area contributed by atoms with Gasteiger partial charge in [0.2, 0.25) is 0 Å². The molecule has 0 radical (unpaired) electrons. The highest BCUT2D eigenvalue weighted by atomic mass is 35.5. The van der Waals surface area contributed by atoms with Crippen LogP contribution in [0.2, 0.25) is 5.02 Å². The lowest BCUT2D eigenvalue weighted by Crippen LogP contribution is -2.44. The molecule has 0 saturated carbocycles. The average molecular weight is 268 g/mol. The van der Waals surface area contributed by atoms with Crippen LogP contribution in [0.5, 0.6) is 0 Å². The van der Waals surface area contributed by atoms with Gasteiger partial charge in [-0.1, -0.05) is 37.6 Å². The fraction of sp³-hybridized carbons (Fsp3) is 0.533. The number of carbonyl (C=O) groups is 1. The molecule has 1 saturated heterocycles. The lowest BCUT2D eigenvalue weighted by molar-refractivity contribution is -0.123. The molecule has 18 heavy (non-hydrogen) atoms. The lowest BCUT2D eigenvalue weighted by Gasteiger charge is -2.35. The van der Waals surface area contributed by atoms with Crippen LogP contribution in [-0.2, 0) is 10.2 Å². The van der Waals surface area contributed by atoms with Crippen molar-refractivity contribution in [3.05, 3.63) is 34.9 Å². The third-order valence-electron chi connectivity index (χ3n) is 3.53. The van der Waals surface area contributed by atoms with Crippen molar-refractivity contribution in [1.29, 1.82) is 0 Å². The van der Waals surface area contributed by atoms with Gasteiger partial charge >= 0.3 is 0 Å². The van der Waals surface area contributed by atoms with Crippen molar-refractivity contribution < 1.29 is 4.79 Å².